The highest BCUT2D eigenvalue weighted by atomic mass is 15.2. The summed E-state index contributed by atoms with van der Waals surface area (Å²) in [7, 11) is 0. The van der Waals surface area contributed by atoms with E-state index in [2.05, 4.69) is 120 Å². The first-order chi connectivity index (χ1) is 25.7. The van der Waals surface area contributed by atoms with Crippen LogP contribution in [-0.2, 0) is 5.41 Å². The third-order valence-electron chi connectivity index (χ3n) is 10.4. The van der Waals surface area contributed by atoms with Gasteiger partial charge in [-0.15, -0.1) is 0 Å². The van der Waals surface area contributed by atoms with Crippen LogP contribution in [0.1, 0.15) is 27.8 Å². The summed E-state index contributed by atoms with van der Waals surface area (Å²) in [6, 6.07) is 63.2. The molecule has 2 aliphatic rings. The Bertz CT molecular complexity index is 2590. The number of nitrogens with zero attached hydrogens (tertiary/aromatic N) is 5. The van der Waals surface area contributed by atoms with Crippen LogP contribution in [-0.4, -0.2) is 15.0 Å². The number of fused-ring (bicyclic) bond motifs is 9. The minimum Gasteiger partial charge on any atom is -0.310 e. The van der Waals surface area contributed by atoms with E-state index in [1.54, 1.807) is 0 Å². The van der Waals surface area contributed by atoms with E-state index in [-0.39, 0.29) is 0 Å². The van der Waals surface area contributed by atoms with Gasteiger partial charge in [-0.1, -0.05) is 127 Å². The van der Waals surface area contributed by atoms with Crippen molar-refractivity contribution < 1.29 is 0 Å². The molecular formula is C47H29N5. The zero-order valence-electron chi connectivity index (χ0n) is 28.0. The second-order valence-electron chi connectivity index (χ2n) is 13.1. The molecule has 0 bridgehead atoms. The fourth-order valence-electron chi connectivity index (χ4n) is 8.15. The molecule has 2 heterocycles. The molecule has 5 nitrogen and oxygen atoms in total. The molecular weight excluding hydrogens is 635 g/mol. The lowest BCUT2D eigenvalue weighted by Crippen LogP contribution is -2.36. The summed E-state index contributed by atoms with van der Waals surface area (Å²) in [5, 5.41) is 10.0. The maximum absolute atomic E-state index is 10.0. The number of benzene rings is 7. The third-order valence-corrected chi connectivity index (χ3v) is 10.4. The summed E-state index contributed by atoms with van der Waals surface area (Å²) >= 11 is 0. The molecule has 0 N–H and O–H groups in total. The van der Waals surface area contributed by atoms with Gasteiger partial charge < -0.3 is 4.90 Å². The molecule has 1 aliphatic heterocycles. The zero-order valence-corrected chi connectivity index (χ0v) is 28.0. The van der Waals surface area contributed by atoms with Crippen molar-refractivity contribution in [3.05, 3.63) is 204 Å². The van der Waals surface area contributed by atoms with E-state index >= 15 is 0 Å². The molecule has 0 atom stereocenters. The predicted molar refractivity (Wildman–Crippen MR) is 206 cm³/mol. The molecule has 0 saturated carbocycles. The van der Waals surface area contributed by atoms with Gasteiger partial charge in [0.1, 0.15) is 0 Å². The van der Waals surface area contributed by atoms with Crippen LogP contribution in [0.25, 0.3) is 45.3 Å². The maximum atomic E-state index is 10.0. The molecule has 1 aliphatic carbocycles. The lowest BCUT2D eigenvalue weighted by molar-refractivity contribution is 0.752. The molecule has 1 spiro atoms. The van der Waals surface area contributed by atoms with Gasteiger partial charge in [0.25, 0.3) is 0 Å². The Morgan fingerprint density at radius 3 is 1.44 bits per heavy atom. The number of rotatable bonds is 4. The molecule has 7 aromatic carbocycles. The van der Waals surface area contributed by atoms with E-state index < -0.39 is 5.41 Å². The Kier molecular flexibility index (Phi) is 6.70. The van der Waals surface area contributed by atoms with Crippen LogP contribution >= 0.6 is 0 Å². The normalized spacial score (nSPS) is 13.1. The molecule has 0 radical (unpaired) electrons. The molecule has 5 heteroatoms. The highest BCUT2D eigenvalue weighted by Crippen LogP contribution is 2.63. The average Bonchev–Trinajstić information content (AvgIpc) is 3.51. The number of para-hydroxylation sites is 2. The fraction of sp³-hybridized carbons (Fsp3) is 0.0213. The van der Waals surface area contributed by atoms with Gasteiger partial charge in [-0.3, -0.25) is 0 Å². The van der Waals surface area contributed by atoms with E-state index in [1.165, 1.54) is 27.8 Å². The predicted octanol–water partition coefficient (Wildman–Crippen LogP) is 10.9. The second kappa shape index (κ2) is 11.7. The first-order valence-corrected chi connectivity index (χ1v) is 17.3. The van der Waals surface area contributed by atoms with Crippen molar-refractivity contribution in [2.45, 2.75) is 5.41 Å². The number of anilines is 3. The minimum atomic E-state index is -0.588. The monoisotopic (exact) mass is 663 g/mol. The van der Waals surface area contributed by atoms with Gasteiger partial charge in [0.05, 0.1) is 28.4 Å². The Morgan fingerprint density at radius 2 is 0.885 bits per heavy atom. The Labute approximate surface area is 301 Å². The average molecular weight is 664 g/mol. The largest absolute Gasteiger partial charge is 0.310 e. The number of hydrogen-bond acceptors (Lipinski definition) is 5. The summed E-state index contributed by atoms with van der Waals surface area (Å²) in [4.78, 5) is 17.1. The summed E-state index contributed by atoms with van der Waals surface area (Å²) in [5.74, 6) is 1.88. The van der Waals surface area contributed by atoms with Crippen molar-refractivity contribution in [3.63, 3.8) is 0 Å². The Hall–Kier alpha value is -7.16. The highest BCUT2D eigenvalue weighted by molar-refractivity contribution is 5.96. The quantitative estimate of drug-likeness (QED) is 0.187. The Balaban J connectivity index is 1.14. The number of nitriles is 1. The zero-order chi connectivity index (χ0) is 34.6. The van der Waals surface area contributed by atoms with Crippen molar-refractivity contribution in [1.29, 1.82) is 5.26 Å². The highest BCUT2D eigenvalue weighted by Gasteiger charge is 2.51. The SMILES string of the molecule is N#Cc1ccc2c(c1)C1(c3ccccc3-2)c2ccccc2N(c2ccc(-c3nc(-c4ccccc4)nc(-c4ccccc4)n3)cc2)c2ccccc21. The summed E-state index contributed by atoms with van der Waals surface area (Å²) in [5.41, 5.74) is 13.1. The van der Waals surface area contributed by atoms with Gasteiger partial charge in [0.15, 0.2) is 17.5 Å². The molecule has 52 heavy (non-hydrogen) atoms. The first kappa shape index (κ1) is 29.7. The smallest absolute Gasteiger partial charge is 0.164 e. The number of aromatic nitrogens is 3. The van der Waals surface area contributed by atoms with Crippen molar-refractivity contribution >= 4 is 17.1 Å². The van der Waals surface area contributed by atoms with Crippen molar-refractivity contribution in [2.24, 2.45) is 0 Å². The summed E-state index contributed by atoms with van der Waals surface area (Å²) < 4.78 is 0. The molecule has 8 aromatic rings. The van der Waals surface area contributed by atoms with Gasteiger partial charge in [0.2, 0.25) is 0 Å². The van der Waals surface area contributed by atoms with Gasteiger partial charge in [-0.25, -0.2) is 15.0 Å². The van der Waals surface area contributed by atoms with Gasteiger partial charge in [0, 0.05) is 22.4 Å². The lowest BCUT2D eigenvalue weighted by Gasteiger charge is -2.45. The van der Waals surface area contributed by atoms with Crippen LogP contribution in [0.4, 0.5) is 17.1 Å². The maximum Gasteiger partial charge on any atom is 0.164 e. The van der Waals surface area contributed by atoms with Gasteiger partial charge >= 0.3 is 0 Å². The Morgan fingerprint density at radius 1 is 0.423 bits per heavy atom. The number of hydrogen-bond donors (Lipinski definition) is 0. The van der Waals surface area contributed by atoms with E-state index in [9.17, 15) is 5.26 Å². The summed E-state index contributed by atoms with van der Waals surface area (Å²) in [6.07, 6.45) is 0. The minimum absolute atomic E-state index is 0.588. The molecule has 0 amide bonds. The molecule has 1 aromatic heterocycles. The van der Waals surface area contributed by atoms with Crippen molar-refractivity contribution in [3.8, 4) is 51.4 Å². The fourth-order valence-corrected chi connectivity index (χ4v) is 8.15. The topological polar surface area (TPSA) is 65.7 Å². The molecule has 0 fully saturated rings. The van der Waals surface area contributed by atoms with Gasteiger partial charge in [-0.05, 0) is 81.9 Å². The third kappa shape index (κ3) is 4.38. The molecule has 0 unspecified atom stereocenters. The standard InChI is InChI=1S/C47H29N5/c48-30-31-23-28-37-36-17-7-8-18-38(36)47(41(37)29-31)39-19-9-11-21-42(39)52(43-22-12-10-20-40(43)47)35-26-24-34(25-27-35)46-50-44(32-13-3-1-4-14-32)49-45(51-46)33-15-5-2-6-16-33/h1-29H. The molecule has 0 saturated heterocycles. The lowest BCUT2D eigenvalue weighted by atomic mass is 9.64. The van der Waals surface area contributed by atoms with Crippen LogP contribution in [0.2, 0.25) is 0 Å². The van der Waals surface area contributed by atoms with E-state index in [0.717, 1.165) is 39.3 Å². The van der Waals surface area contributed by atoms with Crippen LogP contribution in [0.5, 0.6) is 0 Å². The molecule has 10 rings (SSSR count). The molecule has 242 valence electrons. The summed E-state index contributed by atoms with van der Waals surface area (Å²) in [6.45, 7) is 0. The second-order valence-corrected chi connectivity index (χ2v) is 13.1. The van der Waals surface area contributed by atoms with Crippen LogP contribution in [0.15, 0.2) is 176 Å². The van der Waals surface area contributed by atoms with Crippen LogP contribution in [0, 0.1) is 11.3 Å². The van der Waals surface area contributed by atoms with Crippen molar-refractivity contribution in [1.82, 2.24) is 15.0 Å². The van der Waals surface area contributed by atoms with Crippen LogP contribution < -0.4 is 4.90 Å². The van der Waals surface area contributed by atoms with Crippen LogP contribution in [0.3, 0.4) is 0 Å². The first-order valence-electron chi connectivity index (χ1n) is 17.3. The van der Waals surface area contributed by atoms with Gasteiger partial charge in [-0.2, -0.15) is 5.26 Å². The van der Waals surface area contributed by atoms with E-state index in [0.29, 0.717) is 23.0 Å². The van der Waals surface area contributed by atoms with E-state index in [1.807, 2.05) is 66.7 Å². The van der Waals surface area contributed by atoms with E-state index in [4.69, 9.17) is 15.0 Å². The van der Waals surface area contributed by atoms with Crippen molar-refractivity contribution in [2.75, 3.05) is 4.90 Å².